The Bertz CT molecular complexity index is 626. The Morgan fingerprint density at radius 1 is 1.56 bits per heavy atom. The smallest absolute Gasteiger partial charge is 0.267 e. The summed E-state index contributed by atoms with van der Waals surface area (Å²) in [4.78, 5) is 19.5. The van der Waals surface area contributed by atoms with Crippen LogP contribution in [0.15, 0.2) is 25.6 Å². The molecule has 18 heavy (non-hydrogen) atoms. The van der Waals surface area contributed by atoms with Gasteiger partial charge in [-0.2, -0.15) is 0 Å². The molecule has 9 heteroatoms. The fraction of sp³-hybridized carbons (Fsp3) is 0.333. The van der Waals surface area contributed by atoms with Gasteiger partial charge in [0, 0.05) is 12.2 Å². The third-order valence-corrected chi connectivity index (χ3v) is 4.06. The third-order valence-electron chi connectivity index (χ3n) is 2.06. The van der Waals surface area contributed by atoms with Gasteiger partial charge in [-0.1, -0.05) is 0 Å². The van der Waals surface area contributed by atoms with Gasteiger partial charge in [-0.05, 0) is 53.1 Å². The van der Waals surface area contributed by atoms with Crippen molar-refractivity contribution in [2.75, 3.05) is 0 Å². The van der Waals surface area contributed by atoms with E-state index in [1.807, 2.05) is 13.8 Å². The Kier molecular flexibility index (Phi) is 4.08. The molecule has 2 aromatic rings. The van der Waals surface area contributed by atoms with Gasteiger partial charge >= 0.3 is 5.69 Å². The fourth-order valence-corrected chi connectivity index (χ4v) is 2.86. The van der Waals surface area contributed by atoms with Gasteiger partial charge in [0.25, 0.3) is 0 Å². The van der Waals surface area contributed by atoms with Gasteiger partial charge in [-0.25, -0.2) is 19.9 Å². The van der Waals surface area contributed by atoms with Gasteiger partial charge in [0.1, 0.15) is 5.03 Å². The molecule has 0 saturated carbocycles. The highest BCUT2D eigenvalue weighted by atomic mass is 79.9. The lowest BCUT2D eigenvalue weighted by atomic mass is 10.4. The molecule has 0 aliphatic rings. The molecule has 0 radical (unpaired) electrons. The number of aromatic amines is 1. The maximum Gasteiger partial charge on any atom is 0.344 e. The molecule has 0 atom stereocenters. The first kappa shape index (κ1) is 13.6. The minimum atomic E-state index is -0.247. The first-order chi connectivity index (χ1) is 8.49. The van der Waals surface area contributed by atoms with Crippen LogP contribution >= 0.6 is 39.3 Å². The molecule has 0 aliphatic carbocycles. The maximum atomic E-state index is 11.6. The minimum Gasteiger partial charge on any atom is -0.267 e. The molecular weight excluding hydrogens is 342 g/mol. The SMILES string of the molecule is CC(C)n1c(Sc2nc(Cl)ncc2Br)n[nH]c1=O. The zero-order valence-electron chi connectivity index (χ0n) is 9.52. The average molecular weight is 351 g/mol. The molecule has 2 aromatic heterocycles. The summed E-state index contributed by atoms with van der Waals surface area (Å²) < 4.78 is 2.25. The normalized spacial score (nSPS) is 11.2. The van der Waals surface area contributed by atoms with Crippen LogP contribution in [0, 0.1) is 0 Å². The predicted molar refractivity (Wildman–Crippen MR) is 72.1 cm³/mol. The van der Waals surface area contributed by atoms with Crippen molar-refractivity contribution in [3.63, 3.8) is 0 Å². The molecule has 0 unspecified atom stereocenters. The first-order valence-electron chi connectivity index (χ1n) is 5.02. The topological polar surface area (TPSA) is 76.5 Å². The molecule has 0 amide bonds. The van der Waals surface area contributed by atoms with E-state index in [0.717, 1.165) is 0 Å². The monoisotopic (exact) mass is 349 g/mol. The summed E-state index contributed by atoms with van der Waals surface area (Å²) in [6, 6.07) is 0.00911. The molecule has 0 aromatic carbocycles. The van der Waals surface area contributed by atoms with Gasteiger partial charge in [0.05, 0.1) is 4.47 Å². The molecule has 0 fully saturated rings. The zero-order chi connectivity index (χ0) is 13.3. The Labute approximate surface area is 120 Å². The first-order valence-corrected chi connectivity index (χ1v) is 7.00. The van der Waals surface area contributed by atoms with Crippen molar-refractivity contribution in [1.82, 2.24) is 24.7 Å². The number of hydrogen-bond donors (Lipinski definition) is 1. The number of rotatable bonds is 3. The highest BCUT2D eigenvalue weighted by Gasteiger charge is 2.15. The van der Waals surface area contributed by atoms with Crippen molar-refractivity contribution < 1.29 is 0 Å². The van der Waals surface area contributed by atoms with Gasteiger partial charge in [0.2, 0.25) is 5.28 Å². The van der Waals surface area contributed by atoms with E-state index in [1.165, 1.54) is 11.8 Å². The summed E-state index contributed by atoms with van der Waals surface area (Å²) in [5.74, 6) is 0. The van der Waals surface area contributed by atoms with E-state index >= 15 is 0 Å². The Morgan fingerprint density at radius 2 is 2.28 bits per heavy atom. The van der Waals surface area contributed by atoms with E-state index in [2.05, 4.69) is 36.1 Å². The van der Waals surface area contributed by atoms with Crippen molar-refractivity contribution in [1.29, 1.82) is 0 Å². The summed E-state index contributed by atoms with van der Waals surface area (Å²) >= 11 is 10.3. The highest BCUT2D eigenvalue weighted by molar-refractivity contribution is 9.10. The molecule has 2 rings (SSSR count). The van der Waals surface area contributed by atoms with E-state index in [4.69, 9.17) is 11.6 Å². The van der Waals surface area contributed by atoms with Crippen LogP contribution in [-0.4, -0.2) is 24.7 Å². The molecular formula is C9H9BrClN5OS. The van der Waals surface area contributed by atoms with Crippen molar-refractivity contribution in [2.24, 2.45) is 0 Å². The number of halogens is 2. The summed E-state index contributed by atoms with van der Waals surface area (Å²) in [5.41, 5.74) is -0.247. The fourth-order valence-electron chi connectivity index (χ4n) is 1.31. The van der Waals surface area contributed by atoms with Crippen LogP contribution in [0.4, 0.5) is 0 Å². The summed E-state index contributed by atoms with van der Waals surface area (Å²) in [6.45, 7) is 3.81. The lowest BCUT2D eigenvalue weighted by Crippen LogP contribution is -2.19. The summed E-state index contributed by atoms with van der Waals surface area (Å²) in [6.07, 6.45) is 1.56. The second kappa shape index (κ2) is 5.41. The molecule has 0 saturated heterocycles. The number of H-pyrrole nitrogens is 1. The second-order valence-electron chi connectivity index (χ2n) is 3.67. The van der Waals surface area contributed by atoms with E-state index in [-0.39, 0.29) is 17.0 Å². The van der Waals surface area contributed by atoms with Crippen molar-refractivity contribution >= 4 is 39.3 Å². The molecule has 6 nitrogen and oxygen atoms in total. The lowest BCUT2D eigenvalue weighted by Gasteiger charge is -2.08. The number of nitrogens with zero attached hydrogens (tertiary/aromatic N) is 4. The number of nitrogens with one attached hydrogen (secondary N) is 1. The van der Waals surface area contributed by atoms with Crippen LogP contribution in [-0.2, 0) is 0 Å². The van der Waals surface area contributed by atoms with Crippen LogP contribution in [0.3, 0.4) is 0 Å². The van der Waals surface area contributed by atoms with E-state index in [9.17, 15) is 4.79 Å². The Balaban J connectivity index is 2.40. The molecule has 0 aliphatic heterocycles. The average Bonchev–Trinajstić information content (AvgIpc) is 2.65. The molecule has 2 heterocycles. The second-order valence-corrected chi connectivity index (χ2v) is 5.82. The van der Waals surface area contributed by atoms with Crippen LogP contribution in [0.5, 0.6) is 0 Å². The van der Waals surface area contributed by atoms with Crippen LogP contribution in [0.2, 0.25) is 5.28 Å². The van der Waals surface area contributed by atoms with Crippen molar-refractivity contribution in [3.05, 3.63) is 26.4 Å². The van der Waals surface area contributed by atoms with Crippen LogP contribution in [0.1, 0.15) is 19.9 Å². The third kappa shape index (κ3) is 2.76. The van der Waals surface area contributed by atoms with Gasteiger partial charge < -0.3 is 0 Å². The van der Waals surface area contributed by atoms with Gasteiger partial charge in [-0.15, -0.1) is 5.10 Å². The quantitative estimate of drug-likeness (QED) is 0.680. The van der Waals surface area contributed by atoms with Crippen molar-refractivity contribution in [2.45, 2.75) is 30.1 Å². The lowest BCUT2D eigenvalue weighted by molar-refractivity contribution is 0.534. The number of aromatic nitrogens is 5. The number of hydrogen-bond acceptors (Lipinski definition) is 5. The van der Waals surface area contributed by atoms with Crippen molar-refractivity contribution in [3.8, 4) is 0 Å². The molecule has 1 N–H and O–H groups in total. The minimum absolute atomic E-state index is 0.00911. The predicted octanol–water partition coefficient (Wildman–Crippen LogP) is 2.51. The maximum absolute atomic E-state index is 11.6. The van der Waals surface area contributed by atoms with Gasteiger partial charge in [-0.3, -0.25) is 4.57 Å². The Hall–Kier alpha value is -0.860. The van der Waals surface area contributed by atoms with Gasteiger partial charge in [0.15, 0.2) is 5.16 Å². The van der Waals surface area contributed by atoms with E-state index in [0.29, 0.717) is 14.7 Å². The highest BCUT2D eigenvalue weighted by Crippen LogP contribution is 2.31. The van der Waals surface area contributed by atoms with E-state index in [1.54, 1.807) is 10.8 Å². The molecule has 0 spiro atoms. The summed E-state index contributed by atoms with van der Waals surface area (Å²) in [5, 5.41) is 7.67. The zero-order valence-corrected chi connectivity index (χ0v) is 12.7. The van der Waals surface area contributed by atoms with E-state index < -0.39 is 0 Å². The molecule has 0 bridgehead atoms. The summed E-state index contributed by atoms with van der Waals surface area (Å²) in [7, 11) is 0. The van der Waals surface area contributed by atoms with Crippen LogP contribution < -0.4 is 5.69 Å². The molecule has 96 valence electrons. The van der Waals surface area contributed by atoms with Crippen LogP contribution in [0.25, 0.3) is 0 Å². The standard InChI is InChI=1S/C9H9BrClN5OS/c1-4(2)16-8(17)14-15-9(16)18-6-5(10)3-12-7(11)13-6/h3-4H,1-2H3,(H,14,17). The largest absolute Gasteiger partial charge is 0.344 e. The Morgan fingerprint density at radius 3 is 2.94 bits per heavy atom.